The fourth-order valence-corrected chi connectivity index (χ4v) is 1.72. The van der Waals surface area contributed by atoms with Crippen molar-refractivity contribution in [3.8, 4) is 0 Å². The Balaban J connectivity index is 3.41. The molecule has 0 aliphatic heterocycles. The Bertz CT molecular complexity index is 416. The molecule has 0 saturated carbocycles. The van der Waals surface area contributed by atoms with Gasteiger partial charge >= 0.3 is 6.18 Å². The van der Waals surface area contributed by atoms with Crippen LogP contribution in [-0.2, 0) is 6.18 Å². The molecule has 0 radical (unpaired) electrons. The lowest BCUT2D eigenvalue weighted by atomic mass is 10.1. The standard InChI is InChI=1S/C8H2BrClF4O/c9-5-3(7(10)15)1-2-4(6(5)11)8(12,13)14/h1-2H. The molecule has 0 spiro atoms. The molecule has 82 valence electrons. The minimum atomic E-state index is -4.81. The summed E-state index contributed by atoms with van der Waals surface area (Å²) in [5, 5.41) is -1.03. The van der Waals surface area contributed by atoms with E-state index in [-0.39, 0.29) is 5.56 Å². The van der Waals surface area contributed by atoms with E-state index in [1.54, 1.807) is 0 Å². The average Bonchev–Trinajstić information content (AvgIpc) is 2.06. The number of carbonyl (C=O) groups is 1. The zero-order chi connectivity index (χ0) is 11.8. The predicted octanol–water partition coefficient (Wildman–Crippen LogP) is 3.99. The third kappa shape index (κ3) is 2.49. The van der Waals surface area contributed by atoms with Gasteiger partial charge in [0, 0.05) is 0 Å². The van der Waals surface area contributed by atoms with Crippen LogP contribution in [0.1, 0.15) is 15.9 Å². The second kappa shape index (κ2) is 4.09. The topological polar surface area (TPSA) is 17.1 Å². The van der Waals surface area contributed by atoms with Crippen molar-refractivity contribution in [1.82, 2.24) is 0 Å². The molecule has 7 heteroatoms. The molecule has 0 atom stereocenters. The second-order valence-corrected chi connectivity index (χ2v) is 3.70. The predicted molar refractivity (Wildman–Crippen MR) is 49.3 cm³/mol. The maximum atomic E-state index is 13.1. The first kappa shape index (κ1) is 12.4. The molecule has 1 rings (SSSR count). The van der Waals surface area contributed by atoms with Crippen LogP contribution in [0.3, 0.4) is 0 Å². The Morgan fingerprint density at radius 3 is 2.27 bits per heavy atom. The van der Waals surface area contributed by atoms with Crippen LogP contribution in [0.15, 0.2) is 16.6 Å². The van der Waals surface area contributed by atoms with Crippen molar-refractivity contribution in [3.05, 3.63) is 33.5 Å². The SMILES string of the molecule is O=C(Cl)c1ccc(C(F)(F)F)c(F)c1Br. The van der Waals surface area contributed by atoms with Gasteiger partial charge in [0.2, 0.25) is 0 Å². The van der Waals surface area contributed by atoms with Gasteiger partial charge in [0.1, 0.15) is 5.82 Å². The first-order chi connectivity index (χ1) is 6.75. The molecule has 1 nitrogen and oxygen atoms in total. The highest BCUT2D eigenvalue weighted by Crippen LogP contribution is 2.35. The van der Waals surface area contributed by atoms with Gasteiger partial charge in [0.15, 0.2) is 0 Å². The molecule has 0 N–H and O–H groups in total. The molecular weight excluding hydrogens is 303 g/mol. The van der Waals surface area contributed by atoms with Gasteiger partial charge in [-0.25, -0.2) is 4.39 Å². The molecule has 0 unspecified atom stereocenters. The summed E-state index contributed by atoms with van der Waals surface area (Å²) in [6.45, 7) is 0. The first-order valence-corrected chi connectivity index (χ1v) is 4.67. The molecule has 0 fully saturated rings. The molecule has 0 saturated heterocycles. The Morgan fingerprint density at radius 1 is 1.33 bits per heavy atom. The summed E-state index contributed by atoms with van der Waals surface area (Å²) < 4.78 is 49.1. The van der Waals surface area contributed by atoms with E-state index in [1.807, 2.05) is 0 Å². The molecular formula is C8H2BrClF4O. The van der Waals surface area contributed by atoms with E-state index in [2.05, 4.69) is 15.9 Å². The first-order valence-electron chi connectivity index (χ1n) is 3.50. The molecule has 0 heterocycles. The van der Waals surface area contributed by atoms with Crippen LogP contribution in [0.25, 0.3) is 0 Å². The van der Waals surface area contributed by atoms with Gasteiger partial charge in [-0.1, -0.05) is 0 Å². The lowest BCUT2D eigenvalue weighted by Gasteiger charge is -2.10. The molecule has 0 aromatic heterocycles. The van der Waals surface area contributed by atoms with E-state index >= 15 is 0 Å². The second-order valence-electron chi connectivity index (χ2n) is 2.56. The highest BCUT2D eigenvalue weighted by molar-refractivity contribution is 9.10. The van der Waals surface area contributed by atoms with Crippen molar-refractivity contribution in [2.45, 2.75) is 6.18 Å². The number of benzene rings is 1. The molecule has 15 heavy (non-hydrogen) atoms. The van der Waals surface area contributed by atoms with Crippen LogP contribution < -0.4 is 0 Å². The Kier molecular flexibility index (Phi) is 3.40. The molecule has 0 amide bonds. The average molecular weight is 305 g/mol. The van der Waals surface area contributed by atoms with Crippen LogP contribution in [0.4, 0.5) is 17.6 Å². The van der Waals surface area contributed by atoms with Crippen molar-refractivity contribution in [2.75, 3.05) is 0 Å². The highest BCUT2D eigenvalue weighted by atomic mass is 79.9. The van der Waals surface area contributed by atoms with Gasteiger partial charge in [-0.05, 0) is 39.7 Å². The molecule has 1 aromatic rings. The number of hydrogen-bond donors (Lipinski definition) is 0. The molecule has 1 aromatic carbocycles. The van der Waals surface area contributed by atoms with Crippen LogP contribution in [0, 0.1) is 5.82 Å². The van der Waals surface area contributed by atoms with Crippen molar-refractivity contribution >= 4 is 32.8 Å². The molecule has 0 aliphatic rings. The van der Waals surface area contributed by atoms with E-state index in [1.165, 1.54) is 0 Å². The van der Waals surface area contributed by atoms with Gasteiger partial charge in [-0.3, -0.25) is 4.79 Å². The normalized spacial score (nSPS) is 11.6. The number of rotatable bonds is 1. The van der Waals surface area contributed by atoms with E-state index in [0.717, 1.165) is 6.07 Å². The largest absolute Gasteiger partial charge is 0.419 e. The Morgan fingerprint density at radius 2 is 1.87 bits per heavy atom. The number of hydrogen-bond acceptors (Lipinski definition) is 1. The monoisotopic (exact) mass is 304 g/mol. The van der Waals surface area contributed by atoms with Crippen molar-refractivity contribution in [1.29, 1.82) is 0 Å². The van der Waals surface area contributed by atoms with Gasteiger partial charge in [0.25, 0.3) is 5.24 Å². The van der Waals surface area contributed by atoms with E-state index < -0.39 is 27.3 Å². The quantitative estimate of drug-likeness (QED) is 0.566. The number of alkyl halides is 3. The van der Waals surface area contributed by atoms with E-state index in [0.29, 0.717) is 6.07 Å². The summed E-state index contributed by atoms with van der Waals surface area (Å²) in [6, 6.07) is 1.28. The fourth-order valence-electron chi connectivity index (χ4n) is 0.920. The smallest absolute Gasteiger partial charge is 0.276 e. The van der Waals surface area contributed by atoms with Crippen molar-refractivity contribution in [3.63, 3.8) is 0 Å². The lowest BCUT2D eigenvalue weighted by molar-refractivity contribution is -0.140. The maximum absolute atomic E-state index is 13.1. The summed E-state index contributed by atoms with van der Waals surface area (Å²) in [4.78, 5) is 10.7. The van der Waals surface area contributed by atoms with E-state index in [4.69, 9.17) is 11.6 Å². The summed E-state index contributed by atoms with van der Waals surface area (Å²) in [7, 11) is 0. The summed E-state index contributed by atoms with van der Waals surface area (Å²) in [5.74, 6) is -1.55. The van der Waals surface area contributed by atoms with Gasteiger partial charge in [0.05, 0.1) is 15.6 Å². The highest BCUT2D eigenvalue weighted by Gasteiger charge is 2.35. The summed E-state index contributed by atoms with van der Waals surface area (Å²) >= 11 is 7.57. The van der Waals surface area contributed by atoms with Crippen LogP contribution >= 0.6 is 27.5 Å². The van der Waals surface area contributed by atoms with Crippen molar-refractivity contribution in [2.24, 2.45) is 0 Å². The maximum Gasteiger partial charge on any atom is 0.419 e. The van der Waals surface area contributed by atoms with E-state index in [9.17, 15) is 22.4 Å². The number of halogens is 6. The van der Waals surface area contributed by atoms with Gasteiger partial charge in [-0.2, -0.15) is 13.2 Å². The van der Waals surface area contributed by atoms with Gasteiger partial charge in [-0.15, -0.1) is 0 Å². The lowest BCUT2D eigenvalue weighted by Crippen LogP contribution is -2.10. The third-order valence-corrected chi connectivity index (χ3v) is 2.58. The van der Waals surface area contributed by atoms with Crippen LogP contribution in [0.5, 0.6) is 0 Å². The minimum absolute atomic E-state index is 0.345. The van der Waals surface area contributed by atoms with Crippen LogP contribution in [0.2, 0.25) is 0 Å². The summed E-state index contributed by atoms with van der Waals surface area (Å²) in [6.07, 6.45) is -4.81. The van der Waals surface area contributed by atoms with Crippen molar-refractivity contribution < 1.29 is 22.4 Å². The number of carbonyl (C=O) groups excluding carboxylic acids is 1. The minimum Gasteiger partial charge on any atom is -0.276 e. The molecule has 0 bridgehead atoms. The Labute approximate surface area is 95.2 Å². The summed E-state index contributed by atoms with van der Waals surface area (Å²) in [5.41, 5.74) is -1.79. The molecule has 0 aliphatic carbocycles. The third-order valence-electron chi connectivity index (χ3n) is 1.60. The Hall–Kier alpha value is -0.620. The fraction of sp³-hybridized carbons (Fsp3) is 0.125. The zero-order valence-electron chi connectivity index (χ0n) is 6.83. The van der Waals surface area contributed by atoms with Gasteiger partial charge < -0.3 is 0 Å². The zero-order valence-corrected chi connectivity index (χ0v) is 9.17. The van der Waals surface area contributed by atoms with Crippen LogP contribution in [-0.4, -0.2) is 5.24 Å².